The molecule has 0 fully saturated rings. The predicted molar refractivity (Wildman–Crippen MR) is 102 cm³/mol. The molecule has 0 radical (unpaired) electrons. The van der Waals surface area contributed by atoms with Gasteiger partial charge in [0.1, 0.15) is 11.5 Å². The first-order chi connectivity index (χ1) is 13.1. The van der Waals surface area contributed by atoms with Crippen molar-refractivity contribution >= 4 is 17.4 Å². The third kappa shape index (κ3) is 4.56. The van der Waals surface area contributed by atoms with Gasteiger partial charge < -0.3 is 14.0 Å². The number of nitro groups is 1. The van der Waals surface area contributed by atoms with E-state index in [1.165, 1.54) is 23.9 Å². The summed E-state index contributed by atoms with van der Waals surface area (Å²) in [6.45, 7) is 0.399. The molecule has 3 rings (SSSR count). The Hall–Kier alpha value is -3.07. The maximum atomic E-state index is 10.8. The molecule has 0 aliphatic heterocycles. The van der Waals surface area contributed by atoms with Crippen molar-refractivity contribution in [2.75, 3.05) is 19.5 Å². The highest BCUT2D eigenvalue weighted by molar-refractivity contribution is 7.99. The maximum Gasteiger partial charge on any atom is 0.273 e. The van der Waals surface area contributed by atoms with E-state index in [0.29, 0.717) is 18.1 Å². The van der Waals surface area contributed by atoms with Crippen molar-refractivity contribution < 1.29 is 14.4 Å². The van der Waals surface area contributed by atoms with Gasteiger partial charge in [-0.3, -0.25) is 10.1 Å². The average molecular weight is 386 g/mol. The lowest BCUT2D eigenvalue weighted by atomic mass is 10.2. The van der Waals surface area contributed by atoms with Crippen molar-refractivity contribution in [3.05, 3.63) is 58.6 Å². The molecule has 9 heteroatoms. The zero-order chi connectivity index (χ0) is 19.2. The number of hydrogen-bond acceptors (Lipinski definition) is 7. The number of non-ortho nitro benzene ring substituents is 1. The van der Waals surface area contributed by atoms with E-state index in [2.05, 4.69) is 10.2 Å². The first-order valence-corrected chi connectivity index (χ1v) is 9.11. The van der Waals surface area contributed by atoms with Gasteiger partial charge in [-0.1, -0.05) is 17.8 Å². The van der Waals surface area contributed by atoms with E-state index in [4.69, 9.17) is 9.47 Å². The van der Waals surface area contributed by atoms with E-state index in [1.54, 1.807) is 19.2 Å². The molecule has 1 aromatic heterocycles. The molecule has 0 spiro atoms. The van der Waals surface area contributed by atoms with Crippen LogP contribution >= 0.6 is 11.8 Å². The third-order valence-corrected chi connectivity index (χ3v) is 4.78. The van der Waals surface area contributed by atoms with Gasteiger partial charge in [-0.2, -0.15) is 0 Å². The summed E-state index contributed by atoms with van der Waals surface area (Å²) in [5.74, 6) is 2.66. The molecular weight excluding hydrogens is 368 g/mol. The Morgan fingerprint density at radius 2 is 1.93 bits per heavy atom. The fraction of sp³-hybridized carbons (Fsp3) is 0.222. The van der Waals surface area contributed by atoms with Crippen molar-refractivity contribution in [3.8, 4) is 22.9 Å². The van der Waals surface area contributed by atoms with E-state index in [9.17, 15) is 10.1 Å². The molecule has 0 N–H and O–H groups in total. The maximum absolute atomic E-state index is 10.8. The number of benzene rings is 2. The number of nitro benzene ring substituents is 1. The van der Waals surface area contributed by atoms with Crippen molar-refractivity contribution in [3.63, 3.8) is 0 Å². The second kappa shape index (κ2) is 8.54. The Morgan fingerprint density at radius 1 is 1.15 bits per heavy atom. The van der Waals surface area contributed by atoms with Crippen LogP contribution in [0.4, 0.5) is 5.69 Å². The van der Waals surface area contributed by atoms with Crippen LogP contribution in [0, 0.1) is 10.1 Å². The van der Waals surface area contributed by atoms with Crippen LogP contribution in [-0.4, -0.2) is 39.2 Å². The van der Waals surface area contributed by atoms with Crippen molar-refractivity contribution in [1.82, 2.24) is 14.8 Å². The van der Waals surface area contributed by atoms with Crippen LogP contribution in [0.25, 0.3) is 11.4 Å². The van der Waals surface area contributed by atoms with Gasteiger partial charge in [0.2, 0.25) is 0 Å². The highest BCUT2D eigenvalue weighted by Crippen LogP contribution is 2.25. The van der Waals surface area contributed by atoms with Crippen molar-refractivity contribution in [1.29, 1.82) is 0 Å². The van der Waals surface area contributed by atoms with Gasteiger partial charge in [0.25, 0.3) is 5.69 Å². The SMILES string of the molecule is COc1ccc(-c2nnc(SCCOc3cccc([N+](=O)[O-])c3)n2C)cc1. The van der Waals surface area contributed by atoms with E-state index in [0.717, 1.165) is 22.3 Å². The van der Waals surface area contributed by atoms with Crippen LogP contribution in [0.2, 0.25) is 0 Å². The number of methoxy groups -OCH3 is 1. The van der Waals surface area contributed by atoms with Crippen LogP contribution in [-0.2, 0) is 7.05 Å². The largest absolute Gasteiger partial charge is 0.497 e. The van der Waals surface area contributed by atoms with E-state index in [1.807, 2.05) is 35.9 Å². The Bertz CT molecular complexity index is 927. The molecule has 2 aromatic carbocycles. The predicted octanol–water partition coefficient (Wildman–Crippen LogP) is 3.57. The van der Waals surface area contributed by atoms with Crippen molar-refractivity contribution in [2.45, 2.75) is 5.16 Å². The lowest BCUT2D eigenvalue weighted by Gasteiger charge is -2.06. The lowest BCUT2D eigenvalue weighted by molar-refractivity contribution is -0.384. The highest BCUT2D eigenvalue weighted by atomic mass is 32.2. The molecule has 0 aliphatic carbocycles. The minimum atomic E-state index is -0.443. The minimum Gasteiger partial charge on any atom is -0.497 e. The van der Waals surface area contributed by atoms with Gasteiger partial charge in [-0.25, -0.2) is 0 Å². The summed E-state index contributed by atoms with van der Waals surface area (Å²) in [6, 6.07) is 13.8. The minimum absolute atomic E-state index is 0.0117. The zero-order valence-electron chi connectivity index (χ0n) is 14.9. The van der Waals surface area contributed by atoms with Crippen LogP contribution in [0.5, 0.6) is 11.5 Å². The summed E-state index contributed by atoms with van der Waals surface area (Å²) in [6.07, 6.45) is 0. The molecule has 0 unspecified atom stereocenters. The molecule has 0 saturated heterocycles. The Labute approximate surface area is 160 Å². The number of thioether (sulfide) groups is 1. The molecule has 0 bridgehead atoms. The number of nitrogens with zero attached hydrogens (tertiary/aromatic N) is 4. The Balaban J connectivity index is 1.56. The summed E-state index contributed by atoms with van der Waals surface area (Å²) in [5.41, 5.74) is 0.961. The van der Waals surface area contributed by atoms with E-state index >= 15 is 0 Å². The van der Waals surface area contributed by atoms with Gasteiger partial charge in [0.05, 0.1) is 24.7 Å². The topological polar surface area (TPSA) is 92.3 Å². The number of ether oxygens (including phenoxy) is 2. The Morgan fingerprint density at radius 3 is 2.63 bits per heavy atom. The molecule has 140 valence electrons. The van der Waals surface area contributed by atoms with Gasteiger partial charge in [0, 0.05) is 24.4 Å². The summed E-state index contributed by atoms with van der Waals surface area (Å²) in [4.78, 5) is 10.3. The molecular formula is C18H18N4O4S. The monoisotopic (exact) mass is 386 g/mol. The summed E-state index contributed by atoms with van der Waals surface area (Å²) >= 11 is 1.51. The summed E-state index contributed by atoms with van der Waals surface area (Å²) in [5, 5.41) is 20.0. The fourth-order valence-corrected chi connectivity index (χ4v) is 3.14. The summed E-state index contributed by atoms with van der Waals surface area (Å²) < 4.78 is 12.7. The molecule has 8 nitrogen and oxygen atoms in total. The lowest BCUT2D eigenvalue weighted by Crippen LogP contribution is -2.02. The standard InChI is InChI=1S/C18H18N4O4S/c1-21-17(13-6-8-15(25-2)9-7-13)19-20-18(21)27-11-10-26-16-5-3-4-14(12-16)22(23)24/h3-9,12H,10-11H2,1-2H3. The molecule has 0 aliphatic rings. The van der Waals surface area contributed by atoms with E-state index < -0.39 is 4.92 Å². The van der Waals surface area contributed by atoms with Gasteiger partial charge >= 0.3 is 0 Å². The third-order valence-electron chi connectivity index (χ3n) is 3.79. The molecule has 27 heavy (non-hydrogen) atoms. The molecule has 0 amide bonds. The first-order valence-electron chi connectivity index (χ1n) is 8.12. The smallest absolute Gasteiger partial charge is 0.273 e. The van der Waals surface area contributed by atoms with Crippen LogP contribution in [0.15, 0.2) is 53.7 Å². The fourth-order valence-electron chi connectivity index (χ4n) is 2.41. The number of aromatic nitrogens is 3. The summed E-state index contributed by atoms with van der Waals surface area (Å²) in [7, 11) is 3.53. The van der Waals surface area contributed by atoms with Crippen LogP contribution in [0.1, 0.15) is 0 Å². The van der Waals surface area contributed by atoms with Crippen molar-refractivity contribution in [2.24, 2.45) is 7.05 Å². The normalized spacial score (nSPS) is 10.6. The molecule has 0 saturated carbocycles. The van der Waals surface area contributed by atoms with Gasteiger partial charge in [-0.15, -0.1) is 10.2 Å². The van der Waals surface area contributed by atoms with Crippen LogP contribution in [0.3, 0.4) is 0 Å². The van der Waals surface area contributed by atoms with E-state index in [-0.39, 0.29) is 5.69 Å². The second-order valence-electron chi connectivity index (χ2n) is 5.55. The zero-order valence-corrected chi connectivity index (χ0v) is 15.7. The van der Waals surface area contributed by atoms with Gasteiger partial charge in [0.15, 0.2) is 11.0 Å². The number of hydrogen-bond donors (Lipinski definition) is 0. The van der Waals surface area contributed by atoms with Crippen LogP contribution < -0.4 is 9.47 Å². The highest BCUT2D eigenvalue weighted by Gasteiger charge is 2.12. The second-order valence-corrected chi connectivity index (χ2v) is 6.61. The first kappa shape index (κ1) is 18.7. The number of rotatable bonds is 8. The van der Waals surface area contributed by atoms with Gasteiger partial charge in [-0.05, 0) is 30.3 Å². The molecule has 3 aromatic rings. The average Bonchev–Trinajstić information content (AvgIpc) is 3.06. The molecule has 1 heterocycles. The Kier molecular flexibility index (Phi) is 5.92. The molecule has 0 atom stereocenters. The quantitative estimate of drug-likeness (QED) is 0.253.